The number of carbonyl (C=O) groups excluding carboxylic acids is 3. The van der Waals surface area contributed by atoms with Crippen LogP contribution < -0.4 is 10.6 Å². The fraction of sp³-hybridized carbons (Fsp3) is 0.483. The minimum atomic E-state index is -1.10. The van der Waals surface area contributed by atoms with Crippen LogP contribution in [0.1, 0.15) is 45.4 Å². The molecule has 2 unspecified atom stereocenters. The molecule has 38 heavy (non-hydrogen) atoms. The SMILES string of the molecule is C[C@]12CCC3(O1)C(C(=O)Nc1ccccc1Cl)N(CCCCCCO)C(=O)[C@@H]3[C@H]2C(=O)Nc1ccccc1. The summed E-state index contributed by atoms with van der Waals surface area (Å²) >= 11 is 6.32. The summed E-state index contributed by atoms with van der Waals surface area (Å²) in [4.78, 5) is 43.2. The number of hydrogen-bond donors (Lipinski definition) is 3. The summed E-state index contributed by atoms with van der Waals surface area (Å²) in [6.07, 6.45) is 4.11. The van der Waals surface area contributed by atoms with Gasteiger partial charge < -0.3 is 25.4 Å². The number of amides is 3. The smallest absolute Gasteiger partial charge is 0.250 e. The number of aliphatic hydroxyl groups excluding tert-OH is 1. The fourth-order valence-corrected chi connectivity index (χ4v) is 6.80. The molecule has 3 amide bonds. The number of para-hydroxylation sites is 2. The molecule has 2 bridgehead atoms. The lowest BCUT2D eigenvalue weighted by molar-refractivity contribution is -0.143. The van der Waals surface area contributed by atoms with E-state index in [9.17, 15) is 14.4 Å². The number of ether oxygens (including phenoxy) is 1. The third-order valence-electron chi connectivity index (χ3n) is 8.29. The second kappa shape index (κ2) is 10.7. The van der Waals surface area contributed by atoms with E-state index in [4.69, 9.17) is 21.4 Å². The number of benzene rings is 2. The van der Waals surface area contributed by atoms with Crippen molar-refractivity contribution in [2.45, 2.75) is 62.7 Å². The number of aliphatic hydroxyl groups is 1. The largest absolute Gasteiger partial charge is 0.396 e. The molecule has 2 aromatic rings. The molecule has 3 heterocycles. The Morgan fingerprint density at radius 3 is 2.45 bits per heavy atom. The second-order valence-corrected chi connectivity index (χ2v) is 11.1. The molecule has 0 radical (unpaired) electrons. The molecular weight excluding hydrogens is 506 g/mol. The Morgan fingerprint density at radius 2 is 1.71 bits per heavy atom. The average Bonchev–Trinajstić information content (AvgIpc) is 3.46. The van der Waals surface area contributed by atoms with Gasteiger partial charge in [-0.25, -0.2) is 0 Å². The highest BCUT2D eigenvalue weighted by Gasteiger charge is 2.77. The number of likely N-dealkylation sites (tertiary alicyclic amines) is 1. The van der Waals surface area contributed by atoms with Crippen molar-refractivity contribution in [3.05, 3.63) is 59.6 Å². The number of rotatable bonds is 10. The standard InChI is InChI=1S/C29H34ClN3O5/c1-28-15-16-29(38-28)23(22(28)25(35)31-19-11-5-4-6-12-19)27(37)33(17-9-2-3-10-18-34)24(29)26(36)32-21-14-8-7-13-20(21)30/h4-8,11-14,22-24,34H,2-3,9-10,15-18H2,1H3,(H,31,35)(H,32,36)/t22-,23-,24?,28+,29?/m0/s1. The van der Waals surface area contributed by atoms with E-state index in [1.165, 1.54) is 0 Å². The highest BCUT2D eigenvalue weighted by molar-refractivity contribution is 6.33. The number of anilines is 2. The molecule has 9 heteroatoms. The van der Waals surface area contributed by atoms with E-state index in [2.05, 4.69) is 10.6 Å². The average molecular weight is 540 g/mol. The molecule has 2 aromatic carbocycles. The molecule has 0 saturated carbocycles. The van der Waals surface area contributed by atoms with E-state index >= 15 is 0 Å². The van der Waals surface area contributed by atoms with Crippen LogP contribution in [0.25, 0.3) is 0 Å². The Hall–Kier alpha value is -2.94. The number of nitrogens with zero attached hydrogens (tertiary/aromatic N) is 1. The summed E-state index contributed by atoms with van der Waals surface area (Å²) in [5.41, 5.74) is -0.834. The van der Waals surface area contributed by atoms with E-state index in [0.717, 1.165) is 12.8 Å². The number of nitrogens with one attached hydrogen (secondary N) is 2. The van der Waals surface area contributed by atoms with Gasteiger partial charge in [-0.3, -0.25) is 14.4 Å². The quantitative estimate of drug-likeness (QED) is 0.391. The maximum absolute atomic E-state index is 14.1. The van der Waals surface area contributed by atoms with Crippen LogP contribution in [-0.4, -0.2) is 58.1 Å². The van der Waals surface area contributed by atoms with Gasteiger partial charge in [0.25, 0.3) is 0 Å². The number of unbranched alkanes of at least 4 members (excludes halogenated alkanes) is 3. The highest BCUT2D eigenvalue weighted by atomic mass is 35.5. The molecule has 0 aromatic heterocycles. The molecule has 5 rings (SSSR count). The minimum Gasteiger partial charge on any atom is -0.396 e. The van der Waals surface area contributed by atoms with Crippen molar-refractivity contribution in [3.8, 4) is 0 Å². The van der Waals surface area contributed by atoms with E-state index < -0.39 is 29.1 Å². The van der Waals surface area contributed by atoms with Gasteiger partial charge in [-0.1, -0.05) is 54.8 Å². The Labute approximate surface area is 227 Å². The van der Waals surface area contributed by atoms with Crippen LogP contribution in [0.5, 0.6) is 0 Å². The first-order valence-corrected chi connectivity index (χ1v) is 13.7. The lowest BCUT2D eigenvalue weighted by Gasteiger charge is -2.33. The van der Waals surface area contributed by atoms with Gasteiger partial charge in [0.1, 0.15) is 11.6 Å². The summed E-state index contributed by atoms with van der Waals surface area (Å²) in [7, 11) is 0. The summed E-state index contributed by atoms with van der Waals surface area (Å²) in [6.45, 7) is 2.38. The monoisotopic (exact) mass is 539 g/mol. The number of fused-ring (bicyclic) bond motifs is 1. The molecule has 3 N–H and O–H groups in total. The van der Waals surface area contributed by atoms with Crippen molar-refractivity contribution >= 4 is 40.7 Å². The van der Waals surface area contributed by atoms with Crippen LogP contribution in [0.15, 0.2) is 54.6 Å². The van der Waals surface area contributed by atoms with Gasteiger partial charge >= 0.3 is 0 Å². The Balaban J connectivity index is 1.46. The van der Waals surface area contributed by atoms with Gasteiger partial charge in [0, 0.05) is 18.8 Å². The van der Waals surface area contributed by atoms with Crippen LogP contribution in [0.4, 0.5) is 11.4 Å². The van der Waals surface area contributed by atoms with E-state index in [0.29, 0.717) is 48.6 Å². The van der Waals surface area contributed by atoms with Crippen molar-refractivity contribution in [2.24, 2.45) is 11.8 Å². The van der Waals surface area contributed by atoms with Crippen molar-refractivity contribution < 1.29 is 24.2 Å². The first-order valence-electron chi connectivity index (χ1n) is 13.3. The molecule has 3 aliphatic heterocycles. The first-order chi connectivity index (χ1) is 18.3. The summed E-state index contributed by atoms with van der Waals surface area (Å²) in [6, 6.07) is 15.2. The van der Waals surface area contributed by atoms with E-state index in [1.807, 2.05) is 25.1 Å². The molecule has 3 fully saturated rings. The number of halogens is 1. The Bertz CT molecular complexity index is 1210. The lowest BCUT2D eigenvalue weighted by Crippen LogP contribution is -2.53. The predicted molar refractivity (Wildman–Crippen MR) is 145 cm³/mol. The van der Waals surface area contributed by atoms with Crippen LogP contribution in [-0.2, 0) is 19.1 Å². The van der Waals surface area contributed by atoms with Crippen LogP contribution in [0.3, 0.4) is 0 Å². The lowest BCUT2D eigenvalue weighted by atomic mass is 9.66. The zero-order valence-corrected chi connectivity index (χ0v) is 22.2. The second-order valence-electron chi connectivity index (χ2n) is 10.7. The van der Waals surface area contributed by atoms with Gasteiger partial charge in [-0.05, 0) is 56.9 Å². The van der Waals surface area contributed by atoms with E-state index in [1.54, 1.807) is 41.3 Å². The van der Waals surface area contributed by atoms with Crippen molar-refractivity contribution in [3.63, 3.8) is 0 Å². The molecule has 0 aliphatic carbocycles. The molecule has 8 nitrogen and oxygen atoms in total. The summed E-state index contributed by atoms with van der Waals surface area (Å²) in [5, 5.41) is 15.4. The summed E-state index contributed by atoms with van der Waals surface area (Å²) in [5.74, 6) is -2.34. The predicted octanol–water partition coefficient (Wildman–Crippen LogP) is 4.23. The third-order valence-corrected chi connectivity index (χ3v) is 8.62. The topological polar surface area (TPSA) is 108 Å². The van der Waals surface area contributed by atoms with Crippen LogP contribution in [0, 0.1) is 11.8 Å². The molecule has 202 valence electrons. The minimum absolute atomic E-state index is 0.126. The van der Waals surface area contributed by atoms with Gasteiger partial charge in [-0.15, -0.1) is 0 Å². The van der Waals surface area contributed by atoms with Gasteiger partial charge in [0.2, 0.25) is 17.7 Å². The fourth-order valence-electron chi connectivity index (χ4n) is 6.62. The van der Waals surface area contributed by atoms with Gasteiger partial charge in [0.15, 0.2) is 0 Å². The molecule has 5 atom stereocenters. The van der Waals surface area contributed by atoms with E-state index in [-0.39, 0.29) is 24.3 Å². The van der Waals surface area contributed by atoms with Gasteiger partial charge in [-0.2, -0.15) is 0 Å². The molecule has 1 spiro atoms. The van der Waals surface area contributed by atoms with Crippen molar-refractivity contribution in [1.29, 1.82) is 0 Å². The van der Waals surface area contributed by atoms with Crippen molar-refractivity contribution in [1.82, 2.24) is 4.90 Å². The first kappa shape index (κ1) is 26.7. The summed E-state index contributed by atoms with van der Waals surface area (Å²) < 4.78 is 6.64. The third kappa shape index (κ3) is 4.59. The normalized spacial score (nSPS) is 29.4. The molecule has 3 aliphatic rings. The Kier molecular flexibility index (Phi) is 7.49. The highest BCUT2D eigenvalue weighted by Crippen LogP contribution is 2.63. The van der Waals surface area contributed by atoms with Crippen molar-refractivity contribution in [2.75, 3.05) is 23.8 Å². The maximum atomic E-state index is 14.1. The van der Waals surface area contributed by atoms with Gasteiger partial charge in [0.05, 0.1) is 28.1 Å². The van der Waals surface area contributed by atoms with Crippen LogP contribution in [0.2, 0.25) is 5.02 Å². The number of hydrogen-bond acceptors (Lipinski definition) is 5. The van der Waals surface area contributed by atoms with Crippen LogP contribution >= 0.6 is 11.6 Å². The molecule has 3 saturated heterocycles. The zero-order chi connectivity index (χ0) is 26.9. The maximum Gasteiger partial charge on any atom is 0.250 e. The Morgan fingerprint density at radius 1 is 1.00 bits per heavy atom. The number of carbonyl (C=O) groups is 3. The zero-order valence-electron chi connectivity index (χ0n) is 21.5. The molecular formula is C29H34ClN3O5.